The molecule has 5 heteroatoms. The Hall–Kier alpha value is -2.82. The van der Waals surface area contributed by atoms with Gasteiger partial charge in [-0.2, -0.15) is 5.10 Å². The minimum absolute atomic E-state index is 0.171. The van der Waals surface area contributed by atoms with Crippen LogP contribution >= 0.6 is 0 Å². The highest BCUT2D eigenvalue weighted by Gasteiger charge is 2.08. The lowest BCUT2D eigenvalue weighted by Crippen LogP contribution is -2.11. The third kappa shape index (κ3) is 2.86. The van der Waals surface area contributed by atoms with Gasteiger partial charge in [-0.25, -0.2) is 0 Å². The van der Waals surface area contributed by atoms with Gasteiger partial charge >= 0.3 is 0 Å². The molecule has 0 saturated heterocycles. The predicted octanol–water partition coefficient (Wildman–Crippen LogP) is 3.21. The summed E-state index contributed by atoms with van der Waals surface area (Å²) < 4.78 is 5.40. The smallest absolute Gasteiger partial charge is 0.255 e. The lowest BCUT2D eigenvalue weighted by atomic mass is 10.2. The van der Waals surface area contributed by atoms with E-state index < -0.39 is 0 Å². The van der Waals surface area contributed by atoms with Crippen LogP contribution in [0.3, 0.4) is 0 Å². The van der Waals surface area contributed by atoms with Gasteiger partial charge in [-0.15, -0.1) is 0 Å². The number of aromatic nitrogens is 2. The van der Waals surface area contributed by atoms with Gasteiger partial charge in [0.15, 0.2) is 0 Å². The average Bonchev–Trinajstić information content (AvgIpc) is 2.95. The van der Waals surface area contributed by atoms with Gasteiger partial charge in [0.2, 0.25) is 0 Å². The molecule has 0 radical (unpaired) electrons. The van der Waals surface area contributed by atoms with Crippen LogP contribution in [0.25, 0.3) is 10.9 Å². The molecule has 0 atom stereocenters. The molecule has 3 rings (SSSR count). The Balaban J connectivity index is 1.80. The van der Waals surface area contributed by atoms with Gasteiger partial charge in [0.1, 0.15) is 5.75 Å². The van der Waals surface area contributed by atoms with Crippen molar-refractivity contribution in [3.8, 4) is 5.75 Å². The van der Waals surface area contributed by atoms with E-state index in [2.05, 4.69) is 15.5 Å². The van der Waals surface area contributed by atoms with E-state index in [9.17, 15) is 4.79 Å². The van der Waals surface area contributed by atoms with Crippen molar-refractivity contribution >= 4 is 22.5 Å². The van der Waals surface area contributed by atoms with E-state index in [1.807, 2.05) is 31.2 Å². The number of benzene rings is 2. The number of H-pyrrole nitrogens is 1. The molecule has 2 N–H and O–H groups in total. The van der Waals surface area contributed by atoms with Crippen molar-refractivity contribution < 1.29 is 9.53 Å². The summed E-state index contributed by atoms with van der Waals surface area (Å²) >= 11 is 0. The highest BCUT2D eigenvalue weighted by Crippen LogP contribution is 2.18. The molecule has 0 fully saturated rings. The molecular weight excluding hydrogens is 266 g/mol. The van der Waals surface area contributed by atoms with Gasteiger partial charge in [0, 0.05) is 16.6 Å². The number of carbonyl (C=O) groups excluding carboxylic acids is 1. The molecule has 1 aromatic heterocycles. The summed E-state index contributed by atoms with van der Waals surface area (Å²) in [6.07, 6.45) is 1.74. The second kappa shape index (κ2) is 5.66. The maximum Gasteiger partial charge on any atom is 0.255 e. The fourth-order valence-electron chi connectivity index (χ4n) is 2.11. The molecule has 21 heavy (non-hydrogen) atoms. The van der Waals surface area contributed by atoms with Gasteiger partial charge in [-0.05, 0) is 43.3 Å². The molecule has 0 bridgehead atoms. The number of anilines is 1. The third-order valence-corrected chi connectivity index (χ3v) is 3.11. The molecule has 0 aliphatic carbocycles. The number of hydrogen-bond donors (Lipinski definition) is 2. The first-order chi connectivity index (χ1) is 10.3. The standard InChI is InChI=1S/C16H15N3O2/c1-2-21-14-5-3-4-11(8-14)16(20)18-13-7-6-12-10-17-19-15(12)9-13/h3-10H,2H2,1H3,(H,17,19)(H,18,20). The molecular formula is C16H15N3O2. The Morgan fingerprint density at radius 3 is 3.05 bits per heavy atom. The summed E-state index contributed by atoms with van der Waals surface area (Å²) in [5.74, 6) is 0.518. The zero-order valence-electron chi connectivity index (χ0n) is 11.6. The summed E-state index contributed by atoms with van der Waals surface area (Å²) in [6, 6.07) is 12.7. The molecule has 0 aliphatic rings. The molecule has 0 aliphatic heterocycles. The van der Waals surface area contributed by atoms with Gasteiger partial charge in [-0.1, -0.05) is 6.07 Å². The van der Waals surface area contributed by atoms with E-state index >= 15 is 0 Å². The van der Waals surface area contributed by atoms with Crippen LogP contribution in [0, 0.1) is 0 Å². The molecule has 5 nitrogen and oxygen atoms in total. The van der Waals surface area contributed by atoms with E-state index in [0.717, 1.165) is 16.6 Å². The summed E-state index contributed by atoms with van der Waals surface area (Å²) in [5, 5.41) is 10.7. The normalized spacial score (nSPS) is 10.5. The van der Waals surface area contributed by atoms with Crippen molar-refractivity contribution in [2.24, 2.45) is 0 Å². The van der Waals surface area contributed by atoms with E-state index in [0.29, 0.717) is 17.9 Å². The Kier molecular flexibility index (Phi) is 3.55. The van der Waals surface area contributed by atoms with Crippen molar-refractivity contribution in [1.82, 2.24) is 10.2 Å². The van der Waals surface area contributed by atoms with Crippen molar-refractivity contribution in [2.75, 3.05) is 11.9 Å². The van der Waals surface area contributed by atoms with Crippen molar-refractivity contribution in [2.45, 2.75) is 6.92 Å². The Morgan fingerprint density at radius 2 is 2.19 bits per heavy atom. The number of aromatic amines is 1. The number of rotatable bonds is 4. The first kappa shape index (κ1) is 13.2. The van der Waals surface area contributed by atoms with Crippen LogP contribution in [-0.4, -0.2) is 22.7 Å². The number of ether oxygens (including phenoxy) is 1. The summed E-state index contributed by atoms with van der Waals surface area (Å²) in [7, 11) is 0. The Labute approximate surface area is 121 Å². The fraction of sp³-hybridized carbons (Fsp3) is 0.125. The summed E-state index contributed by atoms with van der Waals surface area (Å²) in [5.41, 5.74) is 2.17. The van der Waals surface area contributed by atoms with Gasteiger partial charge in [-0.3, -0.25) is 9.89 Å². The molecule has 3 aromatic rings. The first-order valence-electron chi connectivity index (χ1n) is 6.73. The zero-order chi connectivity index (χ0) is 14.7. The molecule has 106 valence electrons. The SMILES string of the molecule is CCOc1cccc(C(=O)Nc2ccc3cn[nH]c3c2)c1. The molecule has 1 amide bonds. The second-order valence-electron chi connectivity index (χ2n) is 4.59. The highest BCUT2D eigenvalue weighted by molar-refractivity contribution is 6.05. The minimum atomic E-state index is -0.171. The van der Waals surface area contributed by atoms with Gasteiger partial charge in [0.05, 0.1) is 18.3 Å². The predicted molar refractivity (Wildman–Crippen MR) is 81.7 cm³/mol. The van der Waals surface area contributed by atoms with Crippen LogP contribution in [0.4, 0.5) is 5.69 Å². The number of nitrogens with one attached hydrogen (secondary N) is 2. The van der Waals surface area contributed by atoms with Crippen LogP contribution in [0.5, 0.6) is 5.75 Å². The molecule has 0 unspecified atom stereocenters. The maximum atomic E-state index is 12.3. The number of carbonyl (C=O) groups is 1. The Morgan fingerprint density at radius 1 is 1.29 bits per heavy atom. The average molecular weight is 281 g/mol. The van der Waals surface area contributed by atoms with Crippen molar-refractivity contribution in [3.63, 3.8) is 0 Å². The van der Waals surface area contributed by atoms with Crippen LogP contribution in [-0.2, 0) is 0 Å². The summed E-state index contributed by atoms with van der Waals surface area (Å²) in [6.45, 7) is 2.48. The van der Waals surface area contributed by atoms with E-state index in [-0.39, 0.29) is 5.91 Å². The number of hydrogen-bond acceptors (Lipinski definition) is 3. The van der Waals surface area contributed by atoms with Crippen LogP contribution in [0.15, 0.2) is 48.7 Å². The Bertz CT molecular complexity index is 780. The lowest BCUT2D eigenvalue weighted by molar-refractivity contribution is 0.102. The topological polar surface area (TPSA) is 67.0 Å². The van der Waals surface area contributed by atoms with Gasteiger partial charge < -0.3 is 10.1 Å². The first-order valence-corrected chi connectivity index (χ1v) is 6.73. The fourth-order valence-corrected chi connectivity index (χ4v) is 2.11. The highest BCUT2D eigenvalue weighted by atomic mass is 16.5. The van der Waals surface area contributed by atoms with Crippen LogP contribution < -0.4 is 10.1 Å². The lowest BCUT2D eigenvalue weighted by Gasteiger charge is -2.07. The molecule has 0 saturated carbocycles. The number of fused-ring (bicyclic) bond motifs is 1. The quantitative estimate of drug-likeness (QED) is 0.771. The van der Waals surface area contributed by atoms with E-state index in [4.69, 9.17) is 4.74 Å². The van der Waals surface area contributed by atoms with Crippen molar-refractivity contribution in [1.29, 1.82) is 0 Å². The van der Waals surface area contributed by atoms with Crippen LogP contribution in [0.2, 0.25) is 0 Å². The molecule has 2 aromatic carbocycles. The van der Waals surface area contributed by atoms with Gasteiger partial charge in [0.25, 0.3) is 5.91 Å². The summed E-state index contributed by atoms with van der Waals surface area (Å²) in [4.78, 5) is 12.3. The zero-order valence-corrected chi connectivity index (χ0v) is 11.6. The monoisotopic (exact) mass is 281 g/mol. The molecule has 0 spiro atoms. The molecule has 1 heterocycles. The van der Waals surface area contributed by atoms with E-state index in [1.54, 1.807) is 24.4 Å². The number of nitrogens with zero attached hydrogens (tertiary/aromatic N) is 1. The third-order valence-electron chi connectivity index (χ3n) is 3.11. The van der Waals surface area contributed by atoms with E-state index in [1.165, 1.54) is 0 Å². The minimum Gasteiger partial charge on any atom is -0.494 e. The second-order valence-corrected chi connectivity index (χ2v) is 4.59. The van der Waals surface area contributed by atoms with Crippen LogP contribution in [0.1, 0.15) is 17.3 Å². The number of amides is 1. The largest absolute Gasteiger partial charge is 0.494 e. The van der Waals surface area contributed by atoms with Crippen molar-refractivity contribution in [3.05, 3.63) is 54.2 Å². The maximum absolute atomic E-state index is 12.3.